The van der Waals surface area contributed by atoms with Crippen molar-refractivity contribution in [1.29, 1.82) is 0 Å². The summed E-state index contributed by atoms with van der Waals surface area (Å²) in [4.78, 5) is 12.0. The highest BCUT2D eigenvalue weighted by Gasteiger charge is 2.09. The van der Waals surface area contributed by atoms with Crippen LogP contribution in [0.2, 0.25) is 10.0 Å². The molecule has 0 unspecified atom stereocenters. The highest BCUT2D eigenvalue weighted by molar-refractivity contribution is 6.35. The maximum atomic E-state index is 12.0. The lowest BCUT2D eigenvalue weighted by Gasteiger charge is -2.13. The molecule has 0 heterocycles. The maximum absolute atomic E-state index is 12.0. The van der Waals surface area contributed by atoms with Gasteiger partial charge >= 0.3 is 0 Å². The summed E-state index contributed by atoms with van der Waals surface area (Å²) in [7, 11) is 0. The lowest BCUT2D eigenvalue weighted by atomic mass is 10.1. The van der Waals surface area contributed by atoms with Crippen LogP contribution in [-0.2, 0) is 4.79 Å². The number of benzene rings is 2. The Morgan fingerprint density at radius 2 is 1.86 bits per heavy atom. The van der Waals surface area contributed by atoms with Gasteiger partial charge in [0, 0.05) is 5.02 Å². The van der Waals surface area contributed by atoms with Crippen molar-refractivity contribution >= 4 is 34.8 Å². The summed E-state index contributed by atoms with van der Waals surface area (Å²) in [6.07, 6.45) is 0. The summed E-state index contributed by atoms with van der Waals surface area (Å²) in [6.45, 7) is 5.88. The molecule has 0 saturated heterocycles. The number of amides is 1. The number of hydrogen-bond donors (Lipinski definition) is 1. The standard InChI is InChI=1S/C17H17Cl2NO2/c1-10-6-11(2)12(3)16(7-10)22-9-17(21)20-15-8-13(18)4-5-14(15)19/h4-8H,9H2,1-3H3,(H,20,21). The average molecular weight is 338 g/mol. The summed E-state index contributed by atoms with van der Waals surface area (Å²) in [6, 6.07) is 8.89. The molecule has 0 bridgehead atoms. The predicted octanol–water partition coefficient (Wildman–Crippen LogP) is 4.94. The van der Waals surface area contributed by atoms with E-state index in [1.165, 1.54) is 0 Å². The van der Waals surface area contributed by atoms with Crippen molar-refractivity contribution in [1.82, 2.24) is 0 Å². The largest absolute Gasteiger partial charge is 0.483 e. The molecule has 2 aromatic carbocycles. The van der Waals surface area contributed by atoms with Crippen LogP contribution in [0.3, 0.4) is 0 Å². The molecule has 0 aliphatic rings. The Balaban J connectivity index is 2.03. The third-order valence-electron chi connectivity index (χ3n) is 3.33. The first kappa shape index (κ1) is 16.7. The van der Waals surface area contributed by atoms with Gasteiger partial charge < -0.3 is 10.1 Å². The third-order valence-corrected chi connectivity index (χ3v) is 3.89. The Hall–Kier alpha value is -1.71. The van der Waals surface area contributed by atoms with E-state index < -0.39 is 0 Å². The summed E-state index contributed by atoms with van der Waals surface area (Å²) >= 11 is 11.9. The summed E-state index contributed by atoms with van der Waals surface area (Å²) in [5.41, 5.74) is 3.73. The number of carbonyl (C=O) groups is 1. The minimum atomic E-state index is -0.289. The zero-order chi connectivity index (χ0) is 16.3. The van der Waals surface area contributed by atoms with E-state index in [9.17, 15) is 4.79 Å². The number of aryl methyl sites for hydroxylation is 2. The van der Waals surface area contributed by atoms with Gasteiger partial charge in [0.05, 0.1) is 10.7 Å². The zero-order valence-electron chi connectivity index (χ0n) is 12.7. The van der Waals surface area contributed by atoms with Crippen molar-refractivity contribution in [2.45, 2.75) is 20.8 Å². The van der Waals surface area contributed by atoms with E-state index in [1.807, 2.05) is 26.8 Å². The number of anilines is 1. The molecule has 0 spiro atoms. The van der Waals surface area contributed by atoms with Gasteiger partial charge in [-0.15, -0.1) is 0 Å². The molecule has 1 N–H and O–H groups in total. The molecule has 5 heteroatoms. The molecule has 2 aromatic rings. The van der Waals surface area contributed by atoms with Gasteiger partial charge in [0.2, 0.25) is 0 Å². The summed E-state index contributed by atoms with van der Waals surface area (Å²) < 4.78 is 5.61. The van der Waals surface area contributed by atoms with E-state index in [-0.39, 0.29) is 12.5 Å². The average Bonchev–Trinajstić information content (AvgIpc) is 2.45. The number of nitrogens with one attached hydrogen (secondary N) is 1. The molecule has 0 radical (unpaired) electrons. The van der Waals surface area contributed by atoms with E-state index in [2.05, 4.69) is 11.4 Å². The number of halogens is 2. The van der Waals surface area contributed by atoms with Crippen molar-refractivity contribution in [3.05, 3.63) is 57.1 Å². The number of rotatable bonds is 4. The van der Waals surface area contributed by atoms with E-state index in [1.54, 1.807) is 18.2 Å². The van der Waals surface area contributed by atoms with Crippen molar-refractivity contribution < 1.29 is 9.53 Å². The molecular weight excluding hydrogens is 321 g/mol. The molecule has 22 heavy (non-hydrogen) atoms. The minimum Gasteiger partial charge on any atom is -0.483 e. The van der Waals surface area contributed by atoms with Crippen LogP contribution < -0.4 is 10.1 Å². The molecule has 1 amide bonds. The predicted molar refractivity (Wildman–Crippen MR) is 91.2 cm³/mol. The molecule has 0 aliphatic carbocycles. The van der Waals surface area contributed by atoms with E-state index in [4.69, 9.17) is 27.9 Å². The number of hydrogen-bond acceptors (Lipinski definition) is 2. The molecule has 0 fully saturated rings. The van der Waals surface area contributed by atoms with Gasteiger partial charge in [-0.3, -0.25) is 4.79 Å². The Morgan fingerprint density at radius 3 is 2.59 bits per heavy atom. The van der Waals surface area contributed by atoms with Gasteiger partial charge in [0.25, 0.3) is 5.91 Å². The zero-order valence-corrected chi connectivity index (χ0v) is 14.2. The SMILES string of the molecule is Cc1cc(C)c(C)c(OCC(=O)Nc2cc(Cl)ccc2Cl)c1. The highest BCUT2D eigenvalue weighted by Crippen LogP contribution is 2.26. The van der Waals surface area contributed by atoms with Crippen LogP contribution in [-0.4, -0.2) is 12.5 Å². The van der Waals surface area contributed by atoms with Gasteiger partial charge in [-0.2, -0.15) is 0 Å². The van der Waals surface area contributed by atoms with Crippen molar-refractivity contribution in [3.8, 4) is 5.75 Å². The van der Waals surface area contributed by atoms with E-state index in [0.717, 1.165) is 16.7 Å². The molecular formula is C17H17Cl2NO2. The molecule has 0 atom stereocenters. The second kappa shape index (κ2) is 7.03. The molecule has 2 rings (SSSR count). The van der Waals surface area contributed by atoms with Crippen molar-refractivity contribution in [3.63, 3.8) is 0 Å². The van der Waals surface area contributed by atoms with Gasteiger partial charge in [0.15, 0.2) is 6.61 Å². The van der Waals surface area contributed by atoms with Gasteiger partial charge in [-0.25, -0.2) is 0 Å². The molecule has 0 aromatic heterocycles. The van der Waals surface area contributed by atoms with Crippen LogP contribution in [0.4, 0.5) is 5.69 Å². The highest BCUT2D eigenvalue weighted by atomic mass is 35.5. The van der Waals surface area contributed by atoms with Gasteiger partial charge in [0.1, 0.15) is 5.75 Å². The van der Waals surface area contributed by atoms with E-state index >= 15 is 0 Å². The molecule has 116 valence electrons. The first-order valence-electron chi connectivity index (χ1n) is 6.82. The van der Waals surface area contributed by atoms with Crippen LogP contribution in [0, 0.1) is 20.8 Å². The Kier molecular flexibility index (Phi) is 5.33. The number of carbonyl (C=O) groups excluding carboxylic acids is 1. The Bertz CT molecular complexity index is 714. The van der Waals surface area contributed by atoms with Crippen molar-refractivity contribution in [2.24, 2.45) is 0 Å². The lowest BCUT2D eigenvalue weighted by molar-refractivity contribution is -0.118. The van der Waals surface area contributed by atoms with Crippen LogP contribution in [0.1, 0.15) is 16.7 Å². The Labute approximate surface area is 140 Å². The molecule has 3 nitrogen and oxygen atoms in total. The van der Waals surface area contributed by atoms with Crippen LogP contribution in [0.25, 0.3) is 0 Å². The summed E-state index contributed by atoms with van der Waals surface area (Å²) in [5.74, 6) is 0.424. The first-order valence-corrected chi connectivity index (χ1v) is 7.58. The summed E-state index contributed by atoms with van der Waals surface area (Å²) in [5, 5.41) is 3.63. The fourth-order valence-electron chi connectivity index (χ4n) is 2.07. The quantitative estimate of drug-likeness (QED) is 0.858. The van der Waals surface area contributed by atoms with E-state index in [0.29, 0.717) is 21.5 Å². The van der Waals surface area contributed by atoms with Gasteiger partial charge in [-0.05, 0) is 61.7 Å². The topological polar surface area (TPSA) is 38.3 Å². The second-order valence-electron chi connectivity index (χ2n) is 5.17. The Morgan fingerprint density at radius 1 is 1.14 bits per heavy atom. The first-order chi connectivity index (χ1) is 10.4. The monoisotopic (exact) mass is 337 g/mol. The van der Waals surface area contributed by atoms with Crippen LogP contribution in [0.5, 0.6) is 5.75 Å². The third kappa shape index (κ3) is 4.15. The lowest BCUT2D eigenvalue weighted by Crippen LogP contribution is -2.20. The fraction of sp³-hybridized carbons (Fsp3) is 0.235. The molecule has 0 aliphatic heterocycles. The molecule has 0 saturated carbocycles. The van der Waals surface area contributed by atoms with Gasteiger partial charge in [-0.1, -0.05) is 29.3 Å². The van der Waals surface area contributed by atoms with Crippen molar-refractivity contribution in [2.75, 3.05) is 11.9 Å². The van der Waals surface area contributed by atoms with Crippen LogP contribution in [0.15, 0.2) is 30.3 Å². The normalized spacial score (nSPS) is 10.4. The fourth-order valence-corrected chi connectivity index (χ4v) is 2.41. The minimum absolute atomic E-state index is 0.0907. The second-order valence-corrected chi connectivity index (χ2v) is 6.01. The number of ether oxygens (including phenoxy) is 1. The maximum Gasteiger partial charge on any atom is 0.262 e. The van der Waals surface area contributed by atoms with Crippen LogP contribution >= 0.6 is 23.2 Å². The smallest absolute Gasteiger partial charge is 0.262 e.